The molecule has 0 bridgehead atoms. The largest absolute Gasteiger partial charge is 0.511 e. The molecule has 0 aliphatic heterocycles. The summed E-state index contributed by atoms with van der Waals surface area (Å²) in [4.78, 5) is 25.9. The van der Waals surface area contributed by atoms with Crippen LogP contribution >= 0.6 is 0 Å². The highest BCUT2D eigenvalue weighted by atomic mass is 32.2. The Bertz CT molecular complexity index is 658. The van der Waals surface area contributed by atoms with Crippen LogP contribution in [-0.2, 0) is 19.6 Å². The molecule has 0 spiro atoms. The molecule has 0 aliphatic rings. The third-order valence-corrected chi connectivity index (χ3v) is 2.47. The number of aromatic nitrogens is 1. The first-order valence-electron chi connectivity index (χ1n) is 5.85. The quantitative estimate of drug-likeness (QED) is 0.414. The van der Waals surface area contributed by atoms with Crippen molar-refractivity contribution >= 4 is 22.2 Å². The van der Waals surface area contributed by atoms with Crippen LogP contribution in [0.15, 0.2) is 12.3 Å². The van der Waals surface area contributed by atoms with Gasteiger partial charge in [-0.25, -0.2) is 9.78 Å². The zero-order valence-electron chi connectivity index (χ0n) is 11.8. The lowest BCUT2D eigenvalue weighted by Gasteiger charge is -2.13. The molecule has 2 N–H and O–H groups in total. The lowest BCUT2D eigenvalue weighted by Crippen LogP contribution is -2.19. The second-order valence-corrected chi connectivity index (χ2v) is 5.30. The monoisotopic (exact) mass is 334 g/mol. The summed E-state index contributed by atoms with van der Waals surface area (Å²) in [6.45, 7) is 1.01. The number of rotatable bonds is 7. The number of nitrogens with two attached hydrogens (primary N) is 1. The smallest absolute Gasteiger partial charge is 0.451 e. The topological polar surface area (TPSA) is 144 Å². The predicted molar refractivity (Wildman–Crippen MR) is 71.8 cm³/mol. The second kappa shape index (κ2) is 7.45. The van der Waals surface area contributed by atoms with Crippen LogP contribution in [0.2, 0.25) is 0 Å². The Kier molecular flexibility index (Phi) is 5.92. The maximum atomic E-state index is 11.3. The van der Waals surface area contributed by atoms with Gasteiger partial charge in [0.05, 0.1) is 12.9 Å². The van der Waals surface area contributed by atoms with E-state index in [2.05, 4.69) is 18.6 Å². The van der Waals surface area contributed by atoms with E-state index in [-0.39, 0.29) is 23.8 Å². The van der Waals surface area contributed by atoms with Gasteiger partial charge >= 0.3 is 16.3 Å². The maximum absolute atomic E-state index is 11.3. The molecule has 1 rings (SSSR count). The standard InChI is InChI=1S/C11H14N2O8S/c1-3-18-11(15)20-6-19-9-7(21-22(2,16)17)4-5-13-8(9)10(12)14/h4-5H,3,6H2,1-2H3,(H2,12,14). The molecule has 10 nitrogen and oxygen atoms in total. The van der Waals surface area contributed by atoms with Gasteiger partial charge in [0.1, 0.15) is 0 Å². The first kappa shape index (κ1) is 17.5. The molecule has 1 aromatic heterocycles. The number of ether oxygens (including phenoxy) is 3. The minimum atomic E-state index is -3.88. The van der Waals surface area contributed by atoms with Crippen molar-refractivity contribution in [1.29, 1.82) is 0 Å². The summed E-state index contributed by atoms with van der Waals surface area (Å²) >= 11 is 0. The zero-order chi connectivity index (χ0) is 16.8. The first-order valence-corrected chi connectivity index (χ1v) is 7.67. The fourth-order valence-corrected chi connectivity index (χ4v) is 1.73. The molecule has 22 heavy (non-hydrogen) atoms. The number of hydrogen-bond donors (Lipinski definition) is 1. The summed E-state index contributed by atoms with van der Waals surface area (Å²) in [5, 5.41) is 0. The van der Waals surface area contributed by atoms with Crippen LogP contribution < -0.4 is 14.7 Å². The van der Waals surface area contributed by atoms with Crippen molar-refractivity contribution < 1.29 is 36.4 Å². The van der Waals surface area contributed by atoms with Crippen LogP contribution in [0.5, 0.6) is 11.5 Å². The van der Waals surface area contributed by atoms with E-state index in [1.165, 1.54) is 0 Å². The van der Waals surface area contributed by atoms with E-state index >= 15 is 0 Å². The van der Waals surface area contributed by atoms with Gasteiger partial charge < -0.3 is 24.1 Å². The highest BCUT2D eigenvalue weighted by Crippen LogP contribution is 2.30. The minimum absolute atomic E-state index is 0.0979. The molecule has 0 atom stereocenters. The normalized spacial score (nSPS) is 10.6. The Hall–Kier alpha value is -2.56. The van der Waals surface area contributed by atoms with E-state index in [1.54, 1.807) is 6.92 Å². The highest BCUT2D eigenvalue weighted by molar-refractivity contribution is 7.86. The van der Waals surface area contributed by atoms with Gasteiger partial charge in [-0.3, -0.25) is 4.79 Å². The summed E-state index contributed by atoms with van der Waals surface area (Å²) in [5.41, 5.74) is 4.73. The van der Waals surface area contributed by atoms with Crippen LogP contribution in [0.3, 0.4) is 0 Å². The Labute approximate surface area is 126 Å². The number of primary amides is 1. The number of hydrogen-bond acceptors (Lipinski definition) is 9. The summed E-state index contributed by atoms with van der Waals surface area (Å²) in [6.07, 6.45) is 0.910. The average Bonchev–Trinajstić information content (AvgIpc) is 2.38. The van der Waals surface area contributed by atoms with Gasteiger partial charge in [0.25, 0.3) is 5.91 Å². The molecular weight excluding hydrogens is 320 g/mol. The van der Waals surface area contributed by atoms with Crippen LogP contribution in [0.1, 0.15) is 17.4 Å². The zero-order valence-corrected chi connectivity index (χ0v) is 12.6. The lowest BCUT2D eigenvalue weighted by atomic mass is 10.3. The van der Waals surface area contributed by atoms with Crippen molar-refractivity contribution in [2.45, 2.75) is 6.92 Å². The van der Waals surface area contributed by atoms with Crippen LogP contribution in [-0.4, -0.2) is 45.1 Å². The summed E-state index contributed by atoms with van der Waals surface area (Å²) in [7, 11) is -3.88. The SMILES string of the molecule is CCOC(=O)OCOc1c(OS(C)(=O)=O)ccnc1C(N)=O. The third kappa shape index (κ3) is 5.44. The Morgan fingerprint density at radius 3 is 2.55 bits per heavy atom. The van der Waals surface area contributed by atoms with Crippen LogP contribution in [0.25, 0.3) is 0 Å². The fraction of sp³-hybridized carbons (Fsp3) is 0.364. The fourth-order valence-electron chi connectivity index (χ4n) is 1.27. The van der Waals surface area contributed by atoms with E-state index in [1.807, 2.05) is 0 Å². The van der Waals surface area contributed by atoms with Gasteiger partial charge in [0.15, 0.2) is 17.2 Å². The van der Waals surface area contributed by atoms with E-state index in [0.29, 0.717) is 0 Å². The molecule has 1 heterocycles. The first-order chi connectivity index (χ1) is 10.2. The minimum Gasteiger partial charge on any atom is -0.451 e. The van der Waals surface area contributed by atoms with Gasteiger partial charge in [-0.2, -0.15) is 8.42 Å². The molecule has 0 saturated carbocycles. The second-order valence-electron chi connectivity index (χ2n) is 3.73. The Morgan fingerprint density at radius 1 is 1.32 bits per heavy atom. The van der Waals surface area contributed by atoms with Crippen molar-refractivity contribution in [3.05, 3.63) is 18.0 Å². The van der Waals surface area contributed by atoms with Crippen molar-refractivity contribution in [2.75, 3.05) is 19.7 Å². The maximum Gasteiger partial charge on any atom is 0.511 e. The molecule has 0 unspecified atom stereocenters. The highest BCUT2D eigenvalue weighted by Gasteiger charge is 2.20. The van der Waals surface area contributed by atoms with E-state index in [0.717, 1.165) is 18.5 Å². The molecule has 1 aromatic rings. The number of pyridine rings is 1. The molecule has 0 saturated heterocycles. The van der Waals surface area contributed by atoms with Crippen molar-refractivity contribution in [3.63, 3.8) is 0 Å². The molecule has 0 aliphatic carbocycles. The molecule has 11 heteroatoms. The number of amides is 1. The summed E-state index contributed by atoms with van der Waals surface area (Å²) in [5.74, 6) is -1.67. The molecule has 0 aromatic carbocycles. The van der Waals surface area contributed by atoms with Gasteiger partial charge in [-0.05, 0) is 6.92 Å². The van der Waals surface area contributed by atoms with Crippen molar-refractivity contribution in [3.8, 4) is 11.5 Å². The van der Waals surface area contributed by atoms with Crippen LogP contribution in [0, 0.1) is 0 Å². The van der Waals surface area contributed by atoms with E-state index < -0.39 is 29.0 Å². The van der Waals surface area contributed by atoms with Crippen LogP contribution in [0.4, 0.5) is 4.79 Å². The number of carbonyl (C=O) groups excluding carboxylic acids is 2. The summed E-state index contributed by atoms with van der Waals surface area (Å²) < 4.78 is 41.1. The molecular formula is C11H14N2O8S. The number of nitrogens with zero attached hydrogens (tertiary/aromatic N) is 1. The summed E-state index contributed by atoms with van der Waals surface area (Å²) in [6, 6.07) is 1.15. The lowest BCUT2D eigenvalue weighted by molar-refractivity contribution is 0.00595. The third-order valence-electron chi connectivity index (χ3n) is 1.99. The number of carbonyl (C=O) groups is 2. The van der Waals surface area contributed by atoms with Gasteiger partial charge in [0.2, 0.25) is 6.79 Å². The van der Waals surface area contributed by atoms with E-state index in [9.17, 15) is 18.0 Å². The predicted octanol–water partition coefficient (Wildman–Crippen LogP) is 0.0283. The van der Waals surface area contributed by atoms with Gasteiger partial charge in [-0.15, -0.1) is 0 Å². The molecule has 0 fully saturated rings. The molecule has 0 radical (unpaired) electrons. The van der Waals surface area contributed by atoms with Gasteiger partial charge in [-0.1, -0.05) is 0 Å². The Balaban J connectivity index is 2.97. The Morgan fingerprint density at radius 2 is 2.00 bits per heavy atom. The van der Waals surface area contributed by atoms with Gasteiger partial charge in [0, 0.05) is 12.3 Å². The van der Waals surface area contributed by atoms with Crippen molar-refractivity contribution in [1.82, 2.24) is 4.98 Å². The molecule has 1 amide bonds. The average molecular weight is 334 g/mol. The van der Waals surface area contributed by atoms with Crippen molar-refractivity contribution in [2.24, 2.45) is 5.73 Å². The molecule has 122 valence electrons. The van der Waals surface area contributed by atoms with E-state index in [4.69, 9.17) is 10.5 Å².